The van der Waals surface area contributed by atoms with Gasteiger partial charge in [0.1, 0.15) is 0 Å². The summed E-state index contributed by atoms with van der Waals surface area (Å²) in [5.41, 5.74) is 0. The van der Waals surface area contributed by atoms with E-state index in [0.29, 0.717) is 0 Å². The molecule has 2 heteroatoms. The molecule has 1 unspecified atom stereocenters. The van der Waals surface area contributed by atoms with Crippen LogP contribution in [-0.2, 0) is 4.43 Å². The first-order valence-corrected chi connectivity index (χ1v) is 5.48. The Labute approximate surface area is 53.1 Å². The minimum absolute atomic E-state index is 0.820. The molecule has 0 aliphatic rings. The molecule has 0 fully saturated rings. The fourth-order valence-electron chi connectivity index (χ4n) is 0.587. The first kappa shape index (κ1) is 7.92. The highest BCUT2D eigenvalue weighted by atomic mass is 28.3. The molecule has 0 aromatic heterocycles. The van der Waals surface area contributed by atoms with Crippen molar-refractivity contribution in [1.29, 1.82) is 0 Å². The van der Waals surface area contributed by atoms with Gasteiger partial charge in [0.05, 0.1) is 0 Å². The number of hydrogen-bond acceptors (Lipinski definition) is 1. The average Bonchev–Trinajstić information content (AvgIpc) is 1.68. The highest BCUT2D eigenvalue weighted by Gasteiger charge is 1.97. The Bertz CT molecular complexity index is 63.5. The van der Waals surface area contributed by atoms with Crippen molar-refractivity contribution in [3.8, 4) is 0 Å². The van der Waals surface area contributed by atoms with Crippen LogP contribution >= 0.6 is 0 Å². The molecule has 0 radical (unpaired) electrons. The van der Waals surface area contributed by atoms with Crippen molar-refractivity contribution < 1.29 is 4.43 Å². The Morgan fingerprint density at radius 3 is 2.75 bits per heavy atom. The molecular weight excluding hydrogens is 116 g/mol. The van der Waals surface area contributed by atoms with Crippen molar-refractivity contribution >= 4 is 9.04 Å². The molecule has 1 nitrogen and oxygen atoms in total. The van der Waals surface area contributed by atoms with Gasteiger partial charge in [-0.1, -0.05) is 6.08 Å². The monoisotopic (exact) mass is 130 g/mol. The fraction of sp³-hybridized carbons (Fsp3) is 0.667. The molecule has 0 rings (SSSR count). The predicted octanol–water partition coefficient (Wildman–Crippen LogP) is 1.56. The maximum absolute atomic E-state index is 5.35. The second-order valence-corrected chi connectivity index (χ2v) is 4.22. The van der Waals surface area contributed by atoms with Gasteiger partial charge in [-0.05, 0) is 19.5 Å². The Morgan fingerprint density at radius 2 is 2.38 bits per heavy atom. The van der Waals surface area contributed by atoms with E-state index in [4.69, 9.17) is 4.43 Å². The Kier molecular flexibility index (Phi) is 5.01. The summed E-state index contributed by atoms with van der Waals surface area (Å²) in [6, 6.07) is 1.09. The molecule has 8 heavy (non-hydrogen) atoms. The summed E-state index contributed by atoms with van der Waals surface area (Å²) in [5.74, 6) is 0. The SMILES string of the molecule is C=CC[SiH](C)OCC. The lowest BCUT2D eigenvalue weighted by atomic mass is 10.8. The zero-order valence-electron chi connectivity index (χ0n) is 5.68. The third-order valence-electron chi connectivity index (χ3n) is 0.950. The van der Waals surface area contributed by atoms with Gasteiger partial charge in [0.25, 0.3) is 0 Å². The van der Waals surface area contributed by atoms with Gasteiger partial charge in [0, 0.05) is 6.61 Å². The third-order valence-corrected chi connectivity index (χ3v) is 2.85. The van der Waals surface area contributed by atoms with E-state index in [1.807, 2.05) is 13.0 Å². The van der Waals surface area contributed by atoms with E-state index in [1.54, 1.807) is 0 Å². The first-order chi connectivity index (χ1) is 3.81. The van der Waals surface area contributed by atoms with Crippen molar-refractivity contribution in [3.63, 3.8) is 0 Å². The van der Waals surface area contributed by atoms with Crippen LogP contribution in [0.3, 0.4) is 0 Å². The Hall–Kier alpha value is -0.0831. The normalized spacial score (nSPS) is 13.2. The molecule has 0 bridgehead atoms. The predicted molar refractivity (Wildman–Crippen MR) is 39.6 cm³/mol. The molecule has 0 saturated heterocycles. The van der Waals surface area contributed by atoms with Crippen LogP contribution in [0.4, 0.5) is 0 Å². The van der Waals surface area contributed by atoms with E-state index in [-0.39, 0.29) is 0 Å². The maximum atomic E-state index is 5.35. The molecule has 0 aromatic rings. The molecule has 0 N–H and O–H groups in total. The summed E-state index contributed by atoms with van der Waals surface area (Å²) >= 11 is 0. The zero-order valence-corrected chi connectivity index (χ0v) is 6.84. The van der Waals surface area contributed by atoms with Gasteiger partial charge in [-0.15, -0.1) is 6.58 Å². The van der Waals surface area contributed by atoms with E-state index in [0.717, 1.165) is 12.7 Å². The largest absolute Gasteiger partial charge is 0.420 e. The molecule has 0 spiro atoms. The minimum atomic E-state index is -0.820. The summed E-state index contributed by atoms with van der Waals surface area (Å²) in [6.45, 7) is 8.72. The fourth-order valence-corrected chi connectivity index (χ4v) is 1.76. The van der Waals surface area contributed by atoms with Crippen LogP contribution in [0.2, 0.25) is 12.6 Å². The summed E-state index contributed by atoms with van der Waals surface area (Å²) < 4.78 is 5.35. The van der Waals surface area contributed by atoms with E-state index < -0.39 is 9.04 Å². The second kappa shape index (κ2) is 5.06. The second-order valence-electron chi connectivity index (χ2n) is 1.79. The summed E-state index contributed by atoms with van der Waals surface area (Å²) in [4.78, 5) is 0. The van der Waals surface area contributed by atoms with Crippen molar-refractivity contribution in [3.05, 3.63) is 12.7 Å². The lowest BCUT2D eigenvalue weighted by Gasteiger charge is -2.04. The molecule has 0 aliphatic carbocycles. The zero-order chi connectivity index (χ0) is 6.41. The van der Waals surface area contributed by atoms with Crippen LogP contribution in [0.5, 0.6) is 0 Å². The average molecular weight is 130 g/mol. The molecule has 48 valence electrons. The molecule has 0 aromatic carbocycles. The van der Waals surface area contributed by atoms with Gasteiger partial charge >= 0.3 is 0 Å². The van der Waals surface area contributed by atoms with Gasteiger partial charge in [-0.25, -0.2) is 0 Å². The molecule has 0 aliphatic heterocycles. The highest BCUT2D eigenvalue weighted by Crippen LogP contribution is 1.92. The first-order valence-electron chi connectivity index (χ1n) is 3.03. The van der Waals surface area contributed by atoms with E-state index >= 15 is 0 Å². The highest BCUT2D eigenvalue weighted by molar-refractivity contribution is 6.50. The topological polar surface area (TPSA) is 9.23 Å². The number of allylic oxidation sites excluding steroid dienone is 1. The Balaban J connectivity index is 3.03. The Morgan fingerprint density at radius 1 is 1.75 bits per heavy atom. The van der Waals surface area contributed by atoms with Crippen LogP contribution in [0.25, 0.3) is 0 Å². The van der Waals surface area contributed by atoms with Gasteiger partial charge < -0.3 is 4.43 Å². The van der Waals surface area contributed by atoms with E-state index in [2.05, 4.69) is 13.1 Å². The summed E-state index contributed by atoms with van der Waals surface area (Å²) in [6.07, 6.45) is 1.94. The van der Waals surface area contributed by atoms with Crippen molar-refractivity contribution in [2.45, 2.75) is 19.5 Å². The summed E-state index contributed by atoms with van der Waals surface area (Å²) in [5, 5.41) is 0. The molecule has 1 atom stereocenters. The van der Waals surface area contributed by atoms with Gasteiger partial charge in [0.2, 0.25) is 0 Å². The van der Waals surface area contributed by atoms with Gasteiger partial charge in [-0.3, -0.25) is 0 Å². The van der Waals surface area contributed by atoms with Crippen LogP contribution in [0.1, 0.15) is 6.92 Å². The third kappa shape index (κ3) is 4.09. The number of hydrogen-bond donors (Lipinski definition) is 0. The van der Waals surface area contributed by atoms with Crippen LogP contribution < -0.4 is 0 Å². The van der Waals surface area contributed by atoms with E-state index in [9.17, 15) is 0 Å². The van der Waals surface area contributed by atoms with Crippen molar-refractivity contribution in [1.82, 2.24) is 0 Å². The van der Waals surface area contributed by atoms with Crippen LogP contribution in [0.15, 0.2) is 12.7 Å². The maximum Gasteiger partial charge on any atom is 0.177 e. The standard InChI is InChI=1S/C6H14OSi/c1-4-6-8(3)7-5-2/h4,8H,1,5-6H2,2-3H3. The minimum Gasteiger partial charge on any atom is -0.420 e. The smallest absolute Gasteiger partial charge is 0.177 e. The van der Waals surface area contributed by atoms with E-state index in [1.165, 1.54) is 0 Å². The molecule has 0 amide bonds. The quantitative estimate of drug-likeness (QED) is 0.414. The summed E-state index contributed by atoms with van der Waals surface area (Å²) in [7, 11) is -0.820. The van der Waals surface area contributed by atoms with Crippen LogP contribution in [0, 0.1) is 0 Å². The van der Waals surface area contributed by atoms with Crippen molar-refractivity contribution in [2.75, 3.05) is 6.61 Å². The molecule has 0 saturated carbocycles. The molecule has 0 heterocycles. The molecular formula is C6H14OSi. The number of rotatable bonds is 4. The lowest BCUT2D eigenvalue weighted by Crippen LogP contribution is -2.10. The van der Waals surface area contributed by atoms with Gasteiger partial charge in [-0.2, -0.15) is 0 Å². The van der Waals surface area contributed by atoms with Crippen LogP contribution in [-0.4, -0.2) is 15.6 Å². The van der Waals surface area contributed by atoms with Gasteiger partial charge in [0.15, 0.2) is 9.04 Å². The van der Waals surface area contributed by atoms with Crippen molar-refractivity contribution in [2.24, 2.45) is 0 Å². The lowest BCUT2D eigenvalue weighted by molar-refractivity contribution is 0.348.